The highest BCUT2D eigenvalue weighted by Gasteiger charge is 2.04. The maximum absolute atomic E-state index is 12.0. The molecule has 0 spiro atoms. The van der Waals surface area contributed by atoms with Crippen molar-refractivity contribution in [2.75, 3.05) is 0 Å². The summed E-state index contributed by atoms with van der Waals surface area (Å²) in [5, 5.41) is 12.2. The zero-order valence-electron chi connectivity index (χ0n) is 12.3. The van der Waals surface area contributed by atoms with Gasteiger partial charge in [-0.2, -0.15) is 5.10 Å². The van der Waals surface area contributed by atoms with Gasteiger partial charge in [-0.15, -0.1) is 0 Å². The molecule has 1 aromatic heterocycles. The molecular weight excluding hydrogens is 298 g/mol. The third-order valence-electron chi connectivity index (χ3n) is 2.81. The quantitative estimate of drug-likeness (QED) is 0.339. The Morgan fingerprint density at radius 1 is 1.26 bits per heavy atom. The van der Waals surface area contributed by atoms with Gasteiger partial charge in [-0.25, -0.2) is 10.9 Å². The van der Waals surface area contributed by atoms with E-state index in [9.17, 15) is 9.59 Å². The second-order valence-corrected chi connectivity index (χ2v) is 4.58. The minimum absolute atomic E-state index is 0.379. The molecule has 7 heteroatoms. The van der Waals surface area contributed by atoms with E-state index < -0.39 is 11.8 Å². The van der Waals surface area contributed by atoms with E-state index in [4.69, 9.17) is 9.62 Å². The van der Waals surface area contributed by atoms with E-state index in [2.05, 4.69) is 10.5 Å². The summed E-state index contributed by atoms with van der Waals surface area (Å²) in [6.45, 7) is 1.81. The number of rotatable bonds is 5. The summed E-state index contributed by atoms with van der Waals surface area (Å²) in [6.07, 6.45) is 4.02. The van der Waals surface area contributed by atoms with Crippen molar-refractivity contribution in [2.45, 2.75) is 6.92 Å². The van der Waals surface area contributed by atoms with E-state index in [0.29, 0.717) is 16.9 Å². The van der Waals surface area contributed by atoms with Crippen molar-refractivity contribution in [2.24, 2.45) is 5.10 Å². The molecule has 1 aromatic carbocycles. The van der Waals surface area contributed by atoms with E-state index in [0.717, 1.165) is 11.8 Å². The number of hydroxylamine groups is 1. The maximum Gasteiger partial charge on any atom is 0.271 e. The van der Waals surface area contributed by atoms with E-state index in [-0.39, 0.29) is 0 Å². The lowest BCUT2D eigenvalue weighted by Gasteiger charge is -2.01. The largest absolute Gasteiger partial charge is 0.460 e. The molecule has 0 atom stereocenters. The summed E-state index contributed by atoms with van der Waals surface area (Å²) >= 11 is 0. The smallest absolute Gasteiger partial charge is 0.271 e. The predicted octanol–water partition coefficient (Wildman–Crippen LogP) is 1.87. The van der Waals surface area contributed by atoms with Gasteiger partial charge in [-0.1, -0.05) is 12.1 Å². The minimum atomic E-state index is -0.654. The second-order valence-electron chi connectivity index (χ2n) is 4.58. The fraction of sp³-hybridized carbons (Fsp3) is 0.0625. The van der Waals surface area contributed by atoms with Gasteiger partial charge < -0.3 is 4.42 Å². The van der Waals surface area contributed by atoms with Gasteiger partial charge in [-0.3, -0.25) is 14.8 Å². The van der Waals surface area contributed by atoms with Gasteiger partial charge in [0.25, 0.3) is 11.8 Å². The molecule has 0 saturated heterocycles. The number of hydrogen-bond acceptors (Lipinski definition) is 5. The molecular formula is C16H15N3O4. The monoisotopic (exact) mass is 313 g/mol. The van der Waals surface area contributed by atoms with Crippen LogP contribution in [0.5, 0.6) is 0 Å². The van der Waals surface area contributed by atoms with Gasteiger partial charge in [-0.05, 0) is 42.8 Å². The number of nitrogens with one attached hydrogen (secondary N) is 2. The Morgan fingerprint density at radius 3 is 2.78 bits per heavy atom. The van der Waals surface area contributed by atoms with Gasteiger partial charge in [0.05, 0.1) is 6.21 Å². The fourth-order valence-electron chi connectivity index (χ4n) is 1.73. The van der Waals surface area contributed by atoms with E-state index in [1.54, 1.807) is 36.4 Å². The molecule has 2 aromatic rings. The molecule has 0 unspecified atom stereocenters. The molecule has 0 aliphatic heterocycles. The first-order valence-corrected chi connectivity index (χ1v) is 6.70. The van der Waals surface area contributed by atoms with Crippen molar-refractivity contribution < 1.29 is 19.2 Å². The molecule has 1 heterocycles. The number of furan rings is 1. The first-order valence-electron chi connectivity index (χ1n) is 6.70. The van der Waals surface area contributed by atoms with Crippen LogP contribution in [0, 0.1) is 6.92 Å². The number of hydrogen-bond donors (Lipinski definition) is 3. The third kappa shape index (κ3) is 4.94. The van der Waals surface area contributed by atoms with Crippen LogP contribution in [0.1, 0.15) is 27.4 Å². The van der Waals surface area contributed by atoms with Crippen molar-refractivity contribution in [3.8, 4) is 0 Å². The van der Waals surface area contributed by atoms with Gasteiger partial charge >= 0.3 is 0 Å². The Bertz CT molecular complexity index is 762. The molecule has 23 heavy (non-hydrogen) atoms. The Morgan fingerprint density at radius 2 is 2.09 bits per heavy atom. The van der Waals surface area contributed by atoms with Crippen LogP contribution in [0.2, 0.25) is 0 Å². The number of carbonyl (C=O) groups is 2. The van der Waals surface area contributed by atoms with Crippen molar-refractivity contribution in [1.29, 1.82) is 0 Å². The number of benzene rings is 1. The molecule has 2 rings (SSSR count). The fourth-order valence-corrected chi connectivity index (χ4v) is 1.73. The topological polar surface area (TPSA) is 104 Å². The Kier molecular flexibility index (Phi) is 5.43. The molecule has 0 aliphatic carbocycles. The van der Waals surface area contributed by atoms with Crippen LogP contribution in [-0.2, 0) is 4.79 Å². The molecule has 118 valence electrons. The molecule has 2 amide bonds. The van der Waals surface area contributed by atoms with Crippen LogP contribution in [0.4, 0.5) is 0 Å². The summed E-state index contributed by atoms with van der Waals surface area (Å²) in [5.41, 5.74) is 4.88. The Hall–Kier alpha value is -3.19. The van der Waals surface area contributed by atoms with Gasteiger partial charge in [0, 0.05) is 11.6 Å². The van der Waals surface area contributed by atoms with Crippen LogP contribution >= 0.6 is 0 Å². The molecule has 0 fully saturated rings. The summed E-state index contributed by atoms with van der Waals surface area (Å²) in [5.74, 6) is 0.239. The number of carbonyl (C=O) groups excluding carboxylic acids is 2. The molecule has 0 radical (unpaired) electrons. The number of nitrogens with zero attached hydrogens (tertiary/aromatic N) is 1. The molecule has 7 nitrogen and oxygen atoms in total. The summed E-state index contributed by atoms with van der Waals surface area (Å²) in [7, 11) is 0. The average Bonchev–Trinajstić information content (AvgIpc) is 2.98. The number of aryl methyl sites for hydroxylation is 1. The molecule has 0 bridgehead atoms. The summed E-state index contributed by atoms with van der Waals surface area (Å²) in [6, 6.07) is 10.1. The first-order chi connectivity index (χ1) is 11.1. The average molecular weight is 313 g/mol. The van der Waals surface area contributed by atoms with Crippen molar-refractivity contribution >= 4 is 24.1 Å². The first kappa shape index (κ1) is 16.2. The predicted molar refractivity (Wildman–Crippen MR) is 83.9 cm³/mol. The molecule has 0 saturated carbocycles. The van der Waals surface area contributed by atoms with Crippen LogP contribution in [0.3, 0.4) is 0 Å². The SMILES string of the molecule is Cc1ccc(/C=N/NC(=O)c2cccc(/C=C/C(=O)NO)c2)o1. The molecule has 3 N–H and O–H groups in total. The van der Waals surface area contributed by atoms with Gasteiger partial charge in [0.1, 0.15) is 11.5 Å². The number of hydrazone groups is 1. The van der Waals surface area contributed by atoms with E-state index in [1.807, 2.05) is 6.92 Å². The summed E-state index contributed by atoms with van der Waals surface area (Å²) < 4.78 is 5.29. The molecule has 0 aliphatic rings. The zero-order valence-corrected chi connectivity index (χ0v) is 12.3. The van der Waals surface area contributed by atoms with Crippen LogP contribution in [0.25, 0.3) is 6.08 Å². The third-order valence-corrected chi connectivity index (χ3v) is 2.81. The van der Waals surface area contributed by atoms with Crippen LogP contribution in [-0.4, -0.2) is 23.2 Å². The normalized spacial score (nSPS) is 11.0. The van der Waals surface area contributed by atoms with E-state index in [1.165, 1.54) is 17.8 Å². The van der Waals surface area contributed by atoms with Crippen LogP contribution in [0.15, 0.2) is 52.0 Å². The lowest BCUT2D eigenvalue weighted by atomic mass is 10.1. The Labute approximate surface area is 132 Å². The lowest BCUT2D eigenvalue weighted by Crippen LogP contribution is -2.17. The standard InChI is InChI=1S/C16H15N3O4/c1-11-5-7-14(23-11)10-17-18-16(21)13-4-2-3-12(9-13)6-8-15(20)19-22/h2-10,22H,1H3,(H,18,21)(H,19,20)/b8-6+,17-10+. The van der Waals surface area contributed by atoms with Crippen molar-refractivity contribution in [1.82, 2.24) is 10.9 Å². The van der Waals surface area contributed by atoms with Gasteiger partial charge in [0.2, 0.25) is 0 Å². The highest BCUT2D eigenvalue weighted by atomic mass is 16.5. The van der Waals surface area contributed by atoms with E-state index >= 15 is 0 Å². The summed E-state index contributed by atoms with van der Waals surface area (Å²) in [4.78, 5) is 22.9. The highest BCUT2D eigenvalue weighted by molar-refractivity contribution is 5.96. The Balaban J connectivity index is 2.00. The number of amides is 2. The zero-order chi connectivity index (χ0) is 16.7. The van der Waals surface area contributed by atoms with Gasteiger partial charge in [0.15, 0.2) is 0 Å². The van der Waals surface area contributed by atoms with Crippen molar-refractivity contribution in [3.05, 3.63) is 65.1 Å². The minimum Gasteiger partial charge on any atom is -0.460 e. The second kappa shape index (κ2) is 7.71. The van der Waals surface area contributed by atoms with Crippen LogP contribution < -0.4 is 10.9 Å². The lowest BCUT2D eigenvalue weighted by molar-refractivity contribution is -0.124. The highest BCUT2D eigenvalue weighted by Crippen LogP contribution is 2.07. The maximum atomic E-state index is 12.0. The van der Waals surface area contributed by atoms with Crippen molar-refractivity contribution in [3.63, 3.8) is 0 Å².